The fourth-order valence-electron chi connectivity index (χ4n) is 4.45. The summed E-state index contributed by atoms with van der Waals surface area (Å²) >= 11 is 0. The van der Waals surface area contributed by atoms with E-state index >= 15 is 0 Å². The van der Waals surface area contributed by atoms with E-state index in [0.717, 1.165) is 27.9 Å². The number of benzene rings is 1. The van der Waals surface area contributed by atoms with Crippen LogP contribution in [-0.4, -0.2) is 67.5 Å². The van der Waals surface area contributed by atoms with Crippen LogP contribution in [0, 0.1) is 6.92 Å². The van der Waals surface area contributed by atoms with Crippen LogP contribution in [-0.2, 0) is 7.05 Å². The summed E-state index contributed by atoms with van der Waals surface area (Å²) in [5, 5.41) is 2.20. The van der Waals surface area contributed by atoms with Crippen LogP contribution in [0.15, 0.2) is 55.0 Å². The molecule has 0 spiro atoms. The van der Waals surface area contributed by atoms with Crippen molar-refractivity contribution in [2.45, 2.75) is 30.4 Å². The first-order valence-electron chi connectivity index (χ1n) is 11.2. The lowest BCUT2D eigenvalue weighted by molar-refractivity contribution is 0.102. The molecule has 0 bridgehead atoms. The third kappa shape index (κ3) is 4.24. The Hall–Kier alpha value is -3.48. The van der Waals surface area contributed by atoms with E-state index in [1.54, 1.807) is 18.3 Å². The van der Waals surface area contributed by atoms with Crippen LogP contribution in [0.4, 0.5) is 11.6 Å². The molecule has 4 aromatic rings. The van der Waals surface area contributed by atoms with Crippen molar-refractivity contribution in [2.24, 2.45) is 7.05 Å². The number of anilines is 2. The third-order valence-electron chi connectivity index (χ3n) is 6.47. The van der Waals surface area contributed by atoms with Crippen LogP contribution < -0.4 is 10.2 Å². The molecule has 1 N–H and O–H groups in total. The van der Waals surface area contributed by atoms with Gasteiger partial charge in [-0.15, -0.1) is 0 Å². The second-order valence-electron chi connectivity index (χ2n) is 9.06. The number of imidazole rings is 1. The smallest absolute Gasteiger partial charge is 0.257 e. The van der Waals surface area contributed by atoms with Gasteiger partial charge in [0.1, 0.15) is 17.5 Å². The number of carbonyl (C=O) groups excluding carboxylic acids is 1. The summed E-state index contributed by atoms with van der Waals surface area (Å²) in [6.07, 6.45) is 5.83. The summed E-state index contributed by atoms with van der Waals surface area (Å²) in [4.78, 5) is 27.5. The number of pyridine rings is 2. The number of rotatable bonds is 4. The SMILES string of the molecule is [B]C1([B])CCC([B])([B])N1c1cc(C(=O)Nc2cc3cc(-c4cnc(C)n4C)ccc3cn2)ccn1. The van der Waals surface area contributed by atoms with Crippen LogP contribution in [0.3, 0.4) is 0 Å². The van der Waals surface area contributed by atoms with Gasteiger partial charge >= 0.3 is 0 Å². The molecule has 11 heteroatoms. The molecule has 1 fully saturated rings. The molecule has 35 heavy (non-hydrogen) atoms. The van der Waals surface area contributed by atoms with Crippen molar-refractivity contribution in [2.75, 3.05) is 10.2 Å². The summed E-state index contributed by atoms with van der Waals surface area (Å²) in [6, 6.07) is 11.0. The normalized spacial score (nSPS) is 16.5. The molecule has 1 aromatic carbocycles. The van der Waals surface area contributed by atoms with Crippen LogP contribution in [0.25, 0.3) is 22.0 Å². The lowest BCUT2D eigenvalue weighted by atomic mass is 9.58. The zero-order valence-corrected chi connectivity index (χ0v) is 19.6. The van der Waals surface area contributed by atoms with Gasteiger partial charge in [0.15, 0.2) is 0 Å². The highest BCUT2D eigenvalue weighted by Crippen LogP contribution is 2.37. The second kappa shape index (κ2) is 8.33. The fourth-order valence-corrected chi connectivity index (χ4v) is 4.45. The minimum Gasteiger partial charge on any atom is -0.380 e. The van der Waals surface area contributed by atoms with Crippen molar-refractivity contribution >= 4 is 59.7 Å². The summed E-state index contributed by atoms with van der Waals surface area (Å²) in [7, 11) is 26.7. The Bertz CT molecular complexity index is 1440. The molecule has 1 aliphatic rings. The van der Waals surface area contributed by atoms with Crippen molar-refractivity contribution in [3.05, 3.63) is 66.4 Å². The topological polar surface area (TPSA) is 75.9 Å². The number of fused-ring (bicyclic) bond motifs is 1. The molecule has 0 atom stereocenters. The van der Waals surface area contributed by atoms with Gasteiger partial charge in [-0.3, -0.25) is 4.79 Å². The van der Waals surface area contributed by atoms with Crippen molar-refractivity contribution in [1.82, 2.24) is 19.5 Å². The average Bonchev–Trinajstić information content (AvgIpc) is 3.26. The average molecular weight is 452 g/mol. The van der Waals surface area contributed by atoms with Gasteiger partial charge in [-0.2, -0.15) is 0 Å². The van der Waals surface area contributed by atoms with E-state index in [4.69, 9.17) is 31.4 Å². The lowest BCUT2D eigenvalue weighted by Crippen LogP contribution is -2.56. The zero-order valence-electron chi connectivity index (χ0n) is 19.6. The lowest BCUT2D eigenvalue weighted by Gasteiger charge is -2.44. The number of aromatic nitrogens is 4. The Morgan fingerprint density at radius 2 is 1.69 bits per heavy atom. The molecule has 5 rings (SSSR count). The Morgan fingerprint density at radius 3 is 2.37 bits per heavy atom. The summed E-state index contributed by atoms with van der Waals surface area (Å²) in [5.74, 6) is 1.31. The minimum absolute atomic E-state index is 0.327. The van der Waals surface area contributed by atoms with Gasteiger partial charge in [-0.1, -0.05) is 12.1 Å². The quantitative estimate of drug-likeness (QED) is 0.481. The van der Waals surface area contributed by atoms with E-state index in [9.17, 15) is 4.79 Å². The Kier molecular flexibility index (Phi) is 5.54. The molecular formula is C24H20B4N6O. The molecule has 1 aliphatic heterocycles. The van der Waals surface area contributed by atoms with E-state index in [-0.39, 0.29) is 5.91 Å². The molecule has 4 heterocycles. The number of hydrogen-bond donors (Lipinski definition) is 1. The van der Waals surface area contributed by atoms with Crippen molar-refractivity contribution in [3.63, 3.8) is 0 Å². The Balaban J connectivity index is 1.42. The van der Waals surface area contributed by atoms with Crippen LogP contribution in [0.1, 0.15) is 29.0 Å². The number of hydrogen-bond acceptors (Lipinski definition) is 5. The molecule has 0 unspecified atom stereocenters. The predicted molar refractivity (Wildman–Crippen MR) is 141 cm³/mol. The largest absolute Gasteiger partial charge is 0.380 e. The van der Waals surface area contributed by atoms with Crippen LogP contribution >= 0.6 is 0 Å². The zero-order chi connectivity index (χ0) is 25.0. The minimum atomic E-state index is -1.27. The van der Waals surface area contributed by atoms with Gasteiger partial charge in [-0.05, 0) is 60.1 Å². The highest BCUT2D eigenvalue weighted by atomic mass is 16.1. The van der Waals surface area contributed by atoms with E-state index < -0.39 is 10.7 Å². The maximum absolute atomic E-state index is 13.0. The van der Waals surface area contributed by atoms with Gasteiger partial charge < -0.3 is 14.8 Å². The van der Waals surface area contributed by atoms with Gasteiger partial charge in [-0.25, -0.2) is 15.0 Å². The first-order chi connectivity index (χ1) is 16.5. The van der Waals surface area contributed by atoms with Crippen LogP contribution in [0.2, 0.25) is 0 Å². The molecule has 164 valence electrons. The second-order valence-corrected chi connectivity index (χ2v) is 9.06. The van der Waals surface area contributed by atoms with E-state index in [1.165, 1.54) is 11.1 Å². The van der Waals surface area contributed by atoms with Gasteiger partial charge in [0.25, 0.3) is 5.91 Å². The predicted octanol–water partition coefficient (Wildman–Crippen LogP) is 2.17. The number of nitrogens with one attached hydrogen (secondary N) is 1. The van der Waals surface area contributed by atoms with Gasteiger partial charge in [0.05, 0.1) is 43.3 Å². The van der Waals surface area contributed by atoms with Crippen LogP contribution in [0.5, 0.6) is 0 Å². The Morgan fingerprint density at radius 1 is 0.943 bits per heavy atom. The highest BCUT2D eigenvalue weighted by molar-refractivity contribution is 6.48. The molecule has 1 saturated heterocycles. The highest BCUT2D eigenvalue weighted by Gasteiger charge is 2.43. The molecule has 0 saturated carbocycles. The molecular weight excluding hydrogens is 432 g/mol. The first-order valence-corrected chi connectivity index (χ1v) is 11.2. The van der Waals surface area contributed by atoms with Crippen molar-refractivity contribution < 1.29 is 4.79 Å². The molecule has 0 aliphatic carbocycles. The van der Waals surface area contributed by atoms with E-state index in [1.807, 2.05) is 49.0 Å². The van der Waals surface area contributed by atoms with Crippen molar-refractivity contribution in [1.29, 1.82) is 0 Å². The molecule has 3 aromatic heterocycles. The fraction of sp³-hybridized carbons (Fsp3) is 0.250. The third-order valence-corrected chi connectivity index (χ3v) is 6.47. The molecule has 8 radical (unpaired) electrons. The number of carbonyl (C=O) groups is 1. The summed E-state index contributed by atoms with van der Waals surface area (Å²) in [5.41, 5.74) is 2.37. The number of amides is 1. The monoisotopic (exact) mass is 452 g/mol. The molecule has 7 nitrogen and oxygen atoms in total. The van der Waals surface area contributed by atoms with E-state index in [2.05, 4.69) is 20.3 Å². The van der Waals surface area contributed by atoms with E-state index in [0.29, 0.717) is 30.0 Å². The summed E-state index contributed by atoms with van der Waals surface area (Å²) in [6.45, 7) is 1.96. The first kappa shape index (κ1) is 23.3. The standard InChI is InChI=1S/C24H20B4N6O/c1-14-30-13-19(33(14)2)15-3-4-17-12-31-20(10-18(17)9-15)32-22(35)16-5-8-29-21(11-16)34-23(25,26)6-7-24(34,27)28/h3-5,8-13H,6-7H2,1-2H3,(H,31,32,35). The summed E-state index contributed by atoms with van der Waals surface area (Å²) < 4.78 is 2.03. The van der Waals surface area contributed by atoms with Gasteiger partial charge in [0.2, 0.25) is 0 Å². The number of aryl methyl sites for hydroxylation is 1. The van der Waals surface area contributed by atoms with Crippen molar-refractivity contribution in [3.8, 4) is 11.3 Å². The maximum atomic E-state index is 13.0. The Labute approximate surface area is 209 Å². The number of nitrogens with zero attached hydrogens (tertiary/aromatic N) is 5. The molecule has 1 amide bonds. The maximum Gasteiger partial charge on any atom is 0.257 e. The van der Waals surface area contributed by atoms with Gasteiger partial charge in [0, 0.05) is 36.0 Å².